The molecule has 0 saturated heterocycles. The standard InChI is InChI=1S/C12H21ClN2/c1-3-12(4-2)15-10-8-11(14-15)7-5-6-9-13/h8,10,12H,3-7,9H2,1-2H3. The SMILES string of the molecule is CCC(CC)n1ccc(CCCCCl)n1. The van der Waals surface area contributed by atoms with Gasteiger partial charge in [-0.25, -0.2) is 0 Å². The van der Waals surface area contributed by atoms with Crippen LogP contribution in [0.2, 0.25) is 0 Å². The number of nitrogens with zero attached hydrogens (tertiary/aromatic N) is 2. The highest BCUT2D eigenvalue weighted by Gasteiger charge is 2.07. The summed E-state index contributed by atoms with van der Waals surface area (Å²) in [4.78, 5) is 0. The molecule has 0 aliphatic carbocycles. The molecule has 2 nitrogen and oxygen atoms in total. The van der Waals surface area contributed by atoms with Crippen LogP contribution in [0.3, 0.4) is 0 Å². The fourth-order valence-electron chi connectivity index (χ4n) is 1.78. The van der Waals surface area contributed by atoms with Crippen LogP contribution in [0.4, 0.5) is 0 Å². The second-order valence-corrected chi connectivity index (χ2v) is 4.28. The van der Waals surface area contributed by atoms with Crippen molar-refractivity contribution in [3.05, 3.63) is 18.0 Å². The Morgan fingerprint density at radius 1 is 1.33 bits per heavy atom. The average Bonchev–Trinajstić information content (AvgIpc) is 2.69. The molecule has 0 aromatic carbocycles. The summed E-state index contributed by atoms with van der Waals surface area (Å²) < 4.78 is 2.11. The van der Waals surface area contributed by atoms with Crippen molar-refractivity contribution in [1.29, 1.82) is 0 Å². The zero-order valence-electron chi connectivity index (χ0n) is 9.75. The number of hydrogen-bond donors (Lipinski definition) is 0. The molecule has 0 atom stereocenters. The fraction of sp³-hybridized carbons (Fsp3) is 0.750. The maximum atomic E-state index is 5.64. The highest BCUT2D eigenvalue weighted by molar-refractivity contribution is 6.17. The first-order valence-corrected chi connectivity index (χ1v) is 6.45. The Bertz CT molecular complexity index is 266. The van der Waals surface area contributed by atoms with Crippen LogP contribution < -0.4 is 0 Å². The molecule has 0 unspecified atom stereocenters. The smallest absolute Gasteiger partial charge is 0.0624 e. The van der Waals surface area contributed by atoms with E-state index in [2.05, 4.69) is 35.9 Å². The lowest BCUT2D eigenvalue weighted by atomic mass is 10.2. The predicted octanol–water partition coefficient (Wildman–Crippen LogP) is 3.81. The maximum Gasteiger partial charge on any atom is 0.0624 e. The third-order valence-corrected chi connectivity index (χ3v) is 3.06. The molecule has 0 radical (unpaired) electrons. The summed E-state index contributed by atoms with van der Waals surface area (Å²) in [6, 6.07) is 2.69. The highest BCUT2D eigenvalue weighted by Crippen LogP contribution is 2.15. The molecule has 0 saturated carbocycles. The van der Waals surface area contributed by atoms with E-state index in [1.54, 1.807) is 0 Å². The largest absolute Gasteiger partial charge is 0.269 e. The van der Waals surface area contributed by atoms with E-state index in [1.807, 2.05) is 0 Å². The van der Waals surface area contributed by atoms with Gasteiger partial charge in [0.2, 0.25) is 0 Å². The Morgan fingerprint density at radius 2 is 2.07 bits per heavy atom. The number of unbranched alkanes of at least 4 members (excludes halogenated alkanes) is 1. The average molecular weight is 229 g/mol. The lowest BCUT2D eigenvalue weighted by molar-refractivity contribution is 0.425. The lowest BCUT2D eigenvalue weighted by Crippen LogP contribution is -2.07. The van der Waals surface area contributed by atoms with Crippen LogP contribution >= 0.6 is 11.6 Å². The van der Waals surface area contributed by atoms with E-state index < -0.39 is 0 Å². The molecular formula is C12H21ClN2. The van der Waals surface area contributed by atoms with E-state index in [1.165, 1.54) is 5.69 Å². The van der Waals surface area contributed by atoms with Crippen LogP contribution in [0.1, 0.15) is 51.3 Å². The number of halogens is 1. The molecule has 0 amide bonds. The van der Waals surface area contributed by atoms with E-state index in [4.69, 9.17) is 11.6 Å². The van der Waals surface area contributed by atoms with Crippen molar-refractivity contribution in [2.75, 3.05) is 5.88 Å². The Balaban J connectivity index is 2.47. The van der Waals surface area contributed by atoms with Crippen LogP contribution in [0.25, 0.3) is 0 Å². The van der Waals surface area contributed by atoms with Gasteiger partial charge < -0.3 is 0 Å². The summed E-state index contributed by atoms with van der Waals surface area (Å²) in [6.45, 7) is 4.42. The molecule has 0 aliphatic rings. The van der Waals surface area contributed by atoms with Gasteiger partial charge in [-0.2, -0.15) is 5.10 Å². The van der Waals surface area contributed by atoms with E-state index in [-0.39, 0.29) is 0 Å². The molecule has 1 aromatic heterocycles. The van der Waals surface area contributed by atoms with E-state index in [9.17, 15) is 0 Å². The second-order valence-electron chi connectivity index (χ2n) is 3.90. The highest BCUT2D eigenvalue weighted by atomic mass is 35.5. The van der Waals surface area contributed by atoms with Crippen molar-refractivity contribution in [1.82, 2.24) is 9.78 Å². The van der Waals surface area contributed by atoms with Gasteiger partial charge in [0.05, 0.1) is 11.7 Å². The summed E-state index contributed by atoms with van der Waals surface area (Å²) in [6.07, 6.45) is 7.69. The Labute approximate surface area is 97.6 Å². The third kappa shape index (κ3) is 3.86. The van der Waals surface area contributed by atoms with Crippen molar-refractivity contribution >= 4 is 11.6 Å². The Kier molecular flexibility index (Phi) is 5.77. The predicted molar refractivity (Wildman–Crippen MR) is 65.5 cm³/mol. The van der Waals surface area contributed by atoms with Crippen molar-refractivity contribution < 1.29 is 0 Å². The molecule has 1 heterocycles. The monoisotopic (exact) mass is 228 g/mol. The van der Waals surface area contributed by atoms with Crippen molar-refractivity contribution in [3.8, 4) is 0 Å². The first-order valence-electron chi connectivity index (χ1n) is 5.91. The summed E-state index contributed by atoms with van der Waals surface area (Å²) in [7, 11) is 0. The number of aromatic nitrogens is 2. The molecule has 86 valence electrons. The first kappa shape index (κ1) is 12.6. The number of alkyl halides is 1. The molecule has 0 spiro atoms. The van der Waals surface area contributed by atoms with Crippen molar-refractivity contribution in [2.24, 2.45) is 0 Å². The van der Waals surface area contributed by atoms with Crippen molar-refractivity contribution in [3.63, 3.8) is 0 Å². The van der Waals surface area contributed by atoms with Crippen LogP contribution in [0.5, 0.6) is 0 Å². The van der Waals surface area contributed by atoms with Crippen LogP contribution in [-0.2, 0) is 6.42 Å². The van der Waals surface area contributed by atoms with Gasteiger partial charge in [-0.1, -0.05) is 13.8 Å². The summed E-state index contributed by atoms with van der Waals surface area (Å²) in [5.41, 5.74) is 1.20. The summed E-state index contributed by atoms with van der Waals surface area (Å²) in [5.74, 6) is 0.757. The van der Waals surface area contributed by atoms with Gasteiger partial charge in [0.25, 0.3) is 0 Å². The van der Waals surface area contributed by atoms with Gasteiger partial charge in [-0.3, -0.25) is 4.68 Å². The lowest BCUT2D eigenvalue weighted by Gasteiger charge is -2.12. The zero-order chi connectivity index (χ0) is 11.1. The first-order chi connectivity index (χ1) is 7.31. The van der Waals surface area contributed by atoms with Gasteiger partial charge in [0.1, 0.15) is 0 Å². The Morgan fingerprint density at radius 3 is 2.67 bits per heavy atom. The number of rotatable bonds is 7. The van der Waals surface area contributed by atoms with Gasteiger partial charge in [-0.15, -0.1) is 11.6 Å². The Hall–Kier alpha value is -0.500. The van der Waals surface area contributed by atoms with Gasteiger partial charge in [0, 0.05) is 12.1 Å². The minimum atomic E-state index is 0.562. The van der Waals surface area contributed by atoms with Crippen LogP contribution in [0.15, 0.2) is 12.3 Å². The molecular weight excluding hydrogens is 208 g/mol. The molecule has 3 heteroatoms. The van der Waals surface area contributed by atoms with E-state index >= 15 is 0 Å². The summed E-state index contributed by atoms with van der Waals surface area (Å²) >= 11 is 5.64. The van der Waals surface area contributed by atoms with E-state index in [0.29, 0.717) is 6.04 Å². The van der Waals surface area contributed by atoms with Gasteiger partial charge in [0.15, 0.2) is 0 Å². The minimum absolute atomic E-state index is 0.562. The second kappa shape index (κ2) is 6.89. The molecule has 1 rings (SSSR count). The fourth-order valence-corrected chi connectivity index (χ4v) is 1.97. The van der Waals surface area contributed by atoms with Crippen molar-refractivity contribution in [2.45, 2.75) is 52.0 Å². The van der Waals surface area contributed by atoms with Gasteiger partial charge in [-0.05, 0) is 38.2 Å². The molecule has 0 N–H and O–H groups in total. The maximum absolute atomic E-state index is 5.64. The molecule has 0 bridgehead atoms. The van der Waals surface area contributed by atoms with Crippen LogP contribution in [0, 0.1) is 0 Å². The normalized spacial score (nSPS) is 11.2. The number of aryl methyl sites for hydroxylation is 1. The zero-order valence-corrected chi connectivity index (χ0v) is 10.5. The molecule has 0 fully saturated rings. The molecule has 0 aliphatic heterocycles. The van der Waals surface area contributed by atoms with Gasteiger partial charge >= 0.3 is 0 Å². The minimum Gasteiger partial charge on any atom is -0.269 e. The van der Waals surface area contributed by atoms with E-state index in [0.717, 1.165) is 38.0 Å². The quantitative estimate of drug-likeness (QED) is 0.513. The molecule has 1 aromatic rings. The topological polar surface area (TPSA) is 17.8 Å². The summed E-state index contributed by atoms with van der Waals surface area (Å²) in [5, 5.41) is 4.60. The van der Waals surface area contributed by atoms with Crippen LogP contribution in [-0.4, -0.2) is 15.7 Å². The molecule has 15 heavy (non-hydrogen) atoms. The third-order valence-electron chi connectivity index (χ3n) is 2.80. The number of hydrogen-bond acceptors (Lipinski definition) is 1.